The number of hydrogen-bond donors (Lipinski definition) is 3. The maximum absolute atomic E-state index is 11.6. The van der Waals surface area contributed by atoms with Crippen LogP contribution in [-0.2, 0) is 14.3 Å². The first kappa shape index (κ1) is 21.9. The van der Waals surface area contributed by atoms with Gasteiger partial charge in [-0.2, -0.15) is 0 Å². The zero-order chi connectivity index (χ0) is 21.2. The first-order valence-corrected chi connectivity index (χ1v) is 9.47. The summed E-state index contributed by atoms with van der Waals surface area (Å²) in [7, 11) is 1.39. The SMILES string of the molecule is COC(=O)CCCCCOc1ccc(-c2ccc(C(=N)N)cc2)cc1NC(C)=O. The molecule has 7 nitrogen and oxygen atoms in total. The Kier molecular flexibility index (Phi) is 8.21. The van der Waals surface area contributed by atoms with Crippen LogP contribution in [0.5, 0.6) is 5.75 Å². The van der Waals surface area contributed by atoms with Gasteiger partial charge in [0.15, 0.2) is 0 Å². The summed E-state index contributed by atoms with van der Waals surface area (Å²) in [4.78, 5) is 22.7. The molecule has 0 aliphatic heterocycles. The zero-order valence-electron chi connectivity index (χ0n) is 16.8. The second kappa shape index (κ2) is 10.8. The van der Waals surface area contributed by atoms with Crippen molar-refractivity contribution in [1.82, 2.24) is 0 Å². The Morgan fingerprint density at radius 2 is 1.72 bits per heavy atom. The highest BCUT2D eigenvalue weighted by molar-refractivity contribution is 5.95. The number of carbonyl (C=O) groups excluding carboxylic acids is 2. The molecule has 0 unspecified atom stereocenters. The fourth-order valence-electron chi connectivity index (χ4n) is 2.80. The Bertz CT molecular complexity index is 863. The van der Waals surface area contributed by atoms with Gasteiger partial charge in [0.05, 0.1) is 19.4 Å². The number of amidine groups is 1. The summed E-state index contributed by atoms with van der Waals surface area (Å²) in [6.45, 7) is 1.94. The van der Waals surface area contributed by atoms with Crippen molar-refractivity contribution in [3.8, 4) is 16.9 Å². The van der Waals surface area contributed by atoms with Crippen LogP contribution in [0.4, 0.5) is 5.69 Å². The maximum atomic E-state index is 11.6. The number of ether oxygens (including phenoxy) is 2. The van der Waals surface area contributed by atoms with Crippen molar-refractivity contribution in [2.75, 3.05) is 19.0 Å². The van der Waals surface area contributed by atoms with Crippen LogP contribution in [0.2, 0.25) is 0 Å². The molecule has 0 aromatic heterocycles. The molecule has 0 spiro atoms. The van der Waals surface area contributed by atoms with E-state index in [-0.39, 0.29) is 17.7 Å². The molecule has 0 radical (unpaired) electrons. The normalized spacial score (nSPS) is 10.3. The average molecular weight is 397 g/mol. The van der Waals surface area contributed by atoms with Crippen molar-refractivity contribution >= 4 is 23.4 Å². The lowest BCUT2D eigenvalue weighted by atomic mass is 10.0. The summed E-state index contributed by atoms with van der Waals surface area (Å²) >= 11 is 0. The number of anilines is 1. The molecule has 0 saturated carbocycles. The van der Waals surface area contributed by atoms with Crippen molar-refractivity contribution < 1.29 is 19.1 Å². The molecule has 0 saturated heterocycles. The van der Waals surface area contributed by atoms with E-state index < -0.39 is 0 Å². The van der Waals surface area contributed by atoms with Crippen molar-refractivity contribution in [1.29, 1.82) is 5.41 Å². The first-order valence-electron chi connectivity index (χ1n) is 9.47. The summed E-state index contributed by atoms with van der Waals surface area (Å²) in [5, 5.41) is 10.3. The van der Waals surface area contributed by atoms with Gasteiger partial charge in [-0.3, -0.25) is 15.0 Å². The monoisotopic (exact) mass is 397 g/mol. The zero-order valence-corrected chi connectivity index (χ0v) is 16.8. The third kappa shape index (κ3) is 6.95. The van der Waals surface area contributed by atoms with Crippen LogP contribution < -0.4 is 15.8 Å². The second-order valence-corrected chi connectivity index (χ2v) is 6.62. The molecular weight excluding hydrogens is 370 g/mol. The Morgan fingerprint density at radius 3 is 2.34 bits per heavy atom. The number of benzene rings is 2. The molecule has 0 aliphatic carbocycles. The van der Waals surface area contributed by atoms with Gasteiger partial charge in [-0.15, -0.1) is 0 Å². The van der Waals surface area contributed by atoms with Crippen molar-refractivity contribution in [3.63, 3.8) is 0 Å². The van der Waals surface area contributed by atoms with Crippen LogP contribution in [0.15, 0.2) is 42.5 Å². The van der Waals surface area contributed by atoms with E-state index in [2.05, 4.69) is 10.1 Å². The Hall–Kier alpha value is -3.35. The molecule has 2 aromatic rings. The smallest absolute Gasteiger partial charge is 0.305 e. The van der Waals surface area contributed by atoms with Crippen LogP contribution in [0.3, 0.4) is 0 Å². The van der Waals surface area contributed by atoms with Crippen molar-refractivity contribution in [2.45, 2.75) is 32.6 Å². The highest BCUT2D eigenvalue weighted by atomic mass is 16.5. The molecule has 0 bridgehead atoms. The van der Waals surface area contributed by atoms with Crippen LogP contribution >= 0.6 is 0 Å². The fraction of sp³-hybridized carbons (Fsp3) is 0.318. The maximum Gasteiger partial charge on any atom is 0.305 e. The molecule has 4 N–H and O–H groups in total. The number of esters is 1. The van der Waals surface area contributed by atoms with Gasteiger partial charge in [0.1, 0.15) is 11.6 Å². The summed E-state index contributed by atoms with van der Waals surface area (Å²) in [6.07, 6.45) is 2.81. The van der Waals surface area contributed by atoms with Gasteiger partial charge in [-0.1, -0.05) is 30.3 Å². The van der Waals surface area contributed by atoms with E-state index in [1.54, 1.807) is 12.1 Å². The highest BCUT2D eigenvalue weighted by Crippen LogP contribution is 2.31. The van der Waals surface area contributed by atoms with E-state index in [0.717, 1.165) is 30.4 Å². The molecule has 154 valence electrons. The molecule has 0 heterocycles. The number of carbonyl (C=O) groups is 2. The number of unbranched alkanes of at least 4 members (excludes halogenated alkanes) is 2. The Balaban J connectivity index is 2.04. The summed E-state index contributed by atoms with van der Waals surface area (Å²) in [6, 6.07) is 12.9. The van der Waals surface area contributed by atoms with Gasteiger partial charge in [-0.25, -0.2) is 0 Å². The second-order valence-electron chi connectivity index (χ2n) is 6.62. The lowest BCUT2D eigenvalue weighted by Gasteiger charge is -2.14. The molecule has 7 heteroatoms. The quantitative estimate of drug-likeness (QED) is 0.245. The number of hydrogen-bond acceptors (Lipinski definition) is 5. The van der Waals surface area contributed by atoms with E-state index in [4.69, 9.17) is 15.9 Å². The molecule has 1 amide bonds. The number of methoxy groups -OCH3 is 1. The summed E-state index contributed by atoms with van der Waals surface area (Å²) in [5.41, 5.74) is 8.60. The van der Waals surface area contributed by atoms with Gasteiger partial charge in [0.25, 0.3) is 0 Å². The fourth-order valence-corrected chi connectivity index (χ4v) is 2.80. The van der Waals surface area contributed by atoms with Gasteiger partial charge < -0.3 is 20.5 Å². The van der Waals surface area contributed by atoms with Gasteiger partial charge in [-0.05, 0) is 42.5 Å². The number of rotatable bonds is 10. The minimum Gasteiger partial charge on any atom is -0.491 e. The standard InChI is InChI=1S/C22H27N3O4/c1-15(26)25-19-14-18(16-7-9-17(10-8-16)22(23)24)11-12-20(19)29-13-5-3-4-6-21(27)28-2/h7-12,14H,3-6,13H2,1-2H3,(H3,23,24)(H,25,26). The summed E-state index contributed by atoms with van der Waals surface area (Å²) in [5.74, 6) is 0.228. The number of nitrogen functional groups attached to an aromatic ring is 1. The Morgan fingerprint density at radius 1 is 1.03 bits per heavy atom. The lowest BCUT2D eigenvalue weighted by Crippen LogP contribution is -2.10. The number of nitrogens with one attached hydrogen (secondary N) is 2. The van der Waals surface area contributed by atoms with E-state index in [0.29, 0.717) is 30.0 Å². The third-order valence-electron chi connectivity index (χ3n) is 4.33. The van der Waals surface area contributed by atoms with Crippen LogP contribution in [0, 0.1) is 5.41 Å². The Labute approximate surface area is 170 Å². The van der Waals surface area contributed by atoms with Gasteiger partial charge in [0.2, 0.25) is 5.91 Å². The molecule has 0 atom stereocenters. The predicted molar refractivity (Wildman–Crippen MR) is 113 cm³/mol. The van der Waals surface area contributed by atoms with Crippen molar-refractivity contribution in [2.24, 2.45) is 5.73 Å². The minimum atomic E-state index is -0.203. The van der Waals surface area contributed by atoms with E-state index in [9.17, 15) is 9.59 Å². The van der Waals surface area contributed by atoms with E-state index in [1.165, 1.54) is 14.0 Å². The topological polar surface area (TPSA) is 114 Å². The predicted octanol–water partition coefficient (Wildman–Crippen LogP) is 3.71. The van der Waals surface area contributed by atoms with Gasteiger partial charge in [0, 0.05) is 18.9 Å². The largest absolute Gasteiger partial charge is 0.491 e. The number of nitrogens with two attached hydrogens (primary N) is 1. The third-order valence-corrected chi connectivity index (χ3v) is 4.33. The first-order chi connectivity index (χ1) is 13.9. The molecule has 2 aromatic carbocycles. The van der Waals surface area contributed by atoms with E-state index in [1.807, 2.05) is 30.3 Å². The van der Waals surface area contributed by atoms with E-state index >= 15 is 0 Å². The van der Waals surface area contributed by atoms with Crippen LogP contribution in [0.1, 0.15) is 38.2 Å². The average Bonchev–Trinajstić information content (AvgIpc) is 2.70. The molecule has 0 fully saturated rings. The molecule has 0 aliphatic rings. The minimum absolute atomic E-state index is 0.0193. The van der Waals surface area contributed by atoms with Crippen LogP contribution in [0.25, 0.3) is 11.1 Å². The molecule has 2 rings (SSSR count). The highest BCUT2D eigenvalue weighted by Gasteiger charge is 2.09. The lowest BCUT2D eigenvalue weighted by molar-refractivity contribution is -0.140. The molecule has 29 heavy (non-hydrogen) atoms. The summed E-state index contributed by atoms with van der Waals surface area (Å²) < 4.78 is 10.5. The van der Waals surface area contributed by atoms with Gasteiger partial charge >= 0.3 is 5.97 Å². The molecular formula is C22H27N3O4. The van der Waals surface area contributed by atoms with Crippen molar-refractivity contribution in [3.05, 3.63) is 48.0 Å². The van der Waals surface area contributed by atoms with Crippen LogP contribution in [-0.4, -0.2) is 31.4 Å². The number of amides is 1.